The number of ether oxygens (including phenoxy) is 1. The van der Waals surface area contributed by atoms with Crippen molar-refractivity contribution in [2.75, 3.05) is 32.8 Å². The first kappa shape index (κ1) is 16.8. The highest BCUT2D eigenvalue weighted by Gasteiger charge is 2.31. The maximum atomic E-state index is 12.7. The van der Waals surface area contributed by atoms with Crippen molar-refractivity contribution in [3.05, 3.63) is 48.3 Å². The highest BCUT2D eigenvalue weighted by molar-refractivity contribution is 5.94. The van der Waals surface area contributed by atoms with Crippen molar-refractivity contribution in [1.29, 1.82) is 0 Å². The van der Waals surface area contributed by atoms with Crippen LogP contribution >= 0.6 is 0 Å². The third-order valence-electron chi connectivity index (χ3n) is 4.93. The van der Waals surface area contributed by atoms with Gasteiger partial charge in [-0.05, 0) is 25.0 Å². The number of para-hydroxylation sites is 1. The van der Waals surface area contributed by atoms with Crippen LogP contribution in [0.15, 0.2) is 42.7 Å². The molecule has 1 aromatic carbocycles. The first-order valence-corrected chi connectivity index (χ1v) is 9.02. The number of amides is 2. The van der Waals surface area contributed by atoms with Crippen LogP contribution in [0.25, 0.3) is 5.69 Å². The number of rotatable bonds is 3. The van der Waals surface area contributed by atoms with Crippen LogP contribution in [0, 0.1) is 0 Å². The summed E-state index contributed by atoms with van der Waals surface area (Å²) >= 11 is 0. The van der Waals surface area contributed by atoms with Crippen molar-refractivity contribution < 1.29 is 14.3 Å². The molecular formula is C19H22N4O3. The SMILES string of the molecule is O=C(c1cnn(-c2ccccc2)c1)N1CCN(C(=O)C2CCCO2)CC1. The zero-order valence-electron chi connectivity index (χ0n) is 14.6. The van der Waals surface area contributed by atoms with E-state index in [1.54, 1.807) is 22.0 Å². The summed E-state index contributed by atoms with van der Waals surface area (Å²) in [7, 11) is 0. The fourth-order valence-corrected chi connectivity index (χ4v) is 3.44. The largest absolute Gasteiger partial charge is 0.368 e. The van der Waals surface area contributed by atoms with Crippen LogP contribution in [0.2, 0.25) is 0 Å². The summed E-state index contributed by atoms with van der Waals surface area (Å²) < 4.78 is 7.17. The maximum absolute atomic E-state index is 12.7. The molecule has 2 aliphatic heterocycles. The Morgan fingerprint density at radius 3 is 2.46 bits per heavy atom. The van der Waals surface area contributed by atoms with E-state index in [2.05, 4.69) is 5.10 Å². The molecule has 7 heteroatoms. The fraction of sp³-hybridized carbons (Fsp3) is 0.421. The number of nitrogens with zero attached hydrogens (tertiary/aromatic N) is 4. The van der Waals surface area contributed by atoms with Gasteiger partial charge >= 0.3 is 0 Å². The molecule has 0 aliphatic carbocycles. The molecule has 0 bridgehead atoms. The smallest absolute Gasteiger partial charge is 0.257 e. The normalized spacial score (nSPS) is 20.4. The second kappa shape index (κ2) is 7.29. The molecule has 1 aromatic heterocycles. The van der Waals surface area contributed by atoms with Crippen LogP contribution in [0.5, 0.6) is 0 Å². The Morgan fingerprint density at radius 2 is 1.77 bits per heavy atom. The van der Waals surface area contributed by atoms with Gasteiger partial charge in [0, 0.05) is 39.0 Å². The van der Waals surface area contributed by atoms with E-state index in [9.17, 15) is 9.59 Å². The molecule has 4 rings (SSSR count). The van der Waals surface area contributed by atoms with Gasteiger partial charge < -0.3 is 14.5 Å². The van der Waals surface area contributed by atoms with Gasteiger partial charge in [0.25, 0.3) is 11.8 Å². The minimum Gasteiger partial charge on any atom is -0.368 e. The molecule has 2 amide bonds. The number of carbonyl (C=O) groups excluding carboxylic acids is 2. The summed E-state index contributed by atoms with van der Waals surface area (Å²) in [6, 6.07) is 9.69. The second-order valence-corrected chi connectivity index (χ2v) is 6.63. The van der Waals surface area contributed by atoms with Gasteiger partial charge in [0.05, 0.1) is 17.4 Å². The van der Waals surface area contributed by atoms with Crippen LogP contribution in [-0.4, -0.2) is 70.3 Å². The molecular weight excluding hydrogens is 332 g/mol. The Morgan fingerprint density at radius 1 is 1.04 bits per heavy atom. The number of hydrogen-bond acceptors (Lipinski definition) is 4. The monoisotopic (exact) mass is 354 g/mol. The van der Waals surface area contributed by atoms with Gasteiger partial charge in [0.15, 0.2) is 0 Å². The van der Waals surface area contributed by atoms with Crippen LogP contribution in [0.4, 0.5) is 0 Å². The average molecular weight is 354 g/mol. The molecule has 0 N–H and O–H groups in total. The lowest BCUT2D eigenvalue weighted by Gasteiger charge is -2.35. The van der Waals surface area contributed by atoms with Crippen LogP contribution in [0.3, 0.4) is 0 Å². The van der Waals surface area contributed by atoms with E-state index in [-0.39, 0.29) is 17.9 Å². The van der Waals surface area contributed by atoms with E-state index in [4.69, 9.17) is 4.74 Å². The van der Waals surface area contributed by atoms with Gasteiger partial charge in [-0.1, -0.05) is 18.2 Å². The Balaban J connectivity index is 1.36. The van der Waals surface area contributed by atoms with E-state index in [0.29, 0.717) is 38.3 Å². The summed E-state index contributed by atoms with van der Waals surface area (Å²) in [6.07, 6.45) is 4.80. The first-order chi connectivity index (χ1) is 12.7. The predicted molar refractivity (Wildman–Crippen MR) is 95.0 cm³/mol. The van der Waals surface area contributed by atoms with E-state index >= 15 is 0 Å². The summed E-state index contributed by atoms with van der Waals surface area (Å²) in [4.78, 5) is 28.7. The first-order valence-electron chi connectivity index (χ1n) is 9.02. The molecule has 26 heavy (non-hydrogen) atoms. The van der Waals surface area contributed by atoms with Crippen LogP contribution in [-0.2, 0) is 9.53 Å². The van der Waals surface area contributed by atoms with Gasteiger partial charge in [0.2, 0.25) is 0 Å². The van der Waals surface area contributed by atoms with Crippen molar-refractivity contribution >= 4 is 11.8 Å². The fourth-order valence-electron chi connectivity index (χ4n) is 3.44. The van der Waals surface area contributed by atoms with Gasteiger partial charge in [-0.2, -0.15) is 5.10 Å². The molecule has 0 radical (unpaired) electrons. The third kappa shape index (κ3) is 3.35. The van der Waals surface area contributed by atoms with Crippen molar-refractivity contribution in [1.82, 2.24) is 19.6 Å². The van der Waals surface area contributed by atoms with Gasteiger partial charge in [-0.15, -0.1) is 0 Å². The minimum atomic E-state index is -0.290. The molecule has 2 aliphatic rings. The Kier molecular flexibility index (Phi) is 4.71. The summed E-state index contributed by atoms with van der Waals surface area (Å²) in [5, 5.41) is 4.29. The van der Waals surface area contributed by atoms with Crippen molar-refractivity contribution in [2.45, 2.75) is 18.9 Å². The zero-order valence-corrected chi connectivity index (χ0v) is 14.6. The molecule has 0 spiro atoms. The lowest BCUT2D eigenvalue weighted by molar-refractivity contribution is -0.142. The quantitative estimate of drug-likeness (QED) is 0.834. The van der Waals surface area contributed by atoms with Gasteiger partial charge in [-0.3, -0.25) is 9.59 Å². The Labute approximate surface area is 152 Å². The molecule has 3 heterocycles. The Bertz CT molecular complexity index is 775. The molecule has 7 nitrogen and oxygen atoms in total. The van der Waals surface area contributed by atoms with Crippen molar-refractivity contribution in [2.24, 2.45) is 0 Å². The summed E-state index contributed by atoms with van der Waals surface area (Å²) in [5.41, 5.74) is 1.48. The van der Waals surface area contributed by atoms with E-state index in [0.717, 1.165) is 18.5 Å². The molecule has 136 valence electrons. The molecule has 1 atom stereocenters. The number of aromatic nitrogens is 2. The summed E-state index contributed by atoms with van der Waals surface area (Å²) in [6.45, 7) is 2.84. The van der Waals surface area contributed by atoms with Crippen molar-refractivity contribution in [3.63, 3.8) is 0 Å². The van der Waals surface area contributed by atoms with E-state index in [1.165, 1.54) is 0 Å². The lowest BCUT2D eigenvalue weighted by atomic mass is 10.2. The highest BCUT2D eigenvalue weighted by atomic mass is 16.5. The average Bonchev–Trinajstić information content (AvgIpc) is 3.40. The number of carbonyl (C=O) groups is 2. The molecule has 2 saturated heterocycles. The highest BCUT2D eigenvalue weighted by Crippen LogP contribution is 2.17. The topological polar surface area (TPSA) is 67.7 Å². The standard InChI is InChI=1S/C19H22N4O3/c24-18(15-13-20-23(14-15)16-5-2-1-3-6-16)21-8-10-22(11-9-21)19(25)17-7-4-12-26-17/h1-3,5-6,13-14,17H,4,7-12H2. The maximum Gasteiger partial charge on any atom is 0.257 e. The predicted octanol–water partition coefficient (Wildman–Crippen LogP) is 1.34. The second-order valence-electron chi connectivity index (χ2n) is 6.63. The number of piperazine rings is 1. The number of benzene rings is 1. The third-order valence-corrected chi connectivity index (χ3v) is 4.93. The van der Waals surface area contributed by atoms with Gasteiger partial charge in [-0.25, -0.2) is 4.68 Å². The van der Waals surface area contributed by atoms with Gasteiger partial charge in [0.1, 0.15) is 6.10 Å². The zero-order chi connectivity index (χ0) is 17.9. The molecule has 2 fully saturated rings. The number of hydrogen-bond donors (Lipinski definition) is 0. The Hall–Kier alpha value is -2.67. The van der Waals surface area contributed by atoms with Crippen LogP contribution < -0.4 is 0 Å². The summed E-state index contributed by atoms with van der Waals surface area (Å²) in [5.74, 6) is 0.0166. The van der Waals surface area contributed by atoms with E-state index < -0.39 is 0 Å². The molecule has 1 unspecified atom stereocenters. The van der Waals surface area contributed by atoms with Crippen molar-refractivity contribution in [3.8, 4) is 5.69 Å². The molecule has 2 aromatic rings. The lowest BCUT2D eigenvalue weighted by Crippen LogP contribution is -2.52. The van der Waals surface area contributed by atoms with Crippen LogP contribution in [0.1, 0.15) is 23.2 Å². The molecule has 0 saturated carbocycles. The van der Waals surface area contributed by atoms with E-state index in [1.807, 2.05) is 35.2 Å². The minimum absolute atomic E-state index is 0.0450.